The maximum atomic E-state index is 10.5. The van der Waals surface area contributed by atoms with Crippen LogP contribution in [0, 0.1) is 0 Å². The summed E-state index contributed by atoms with van der Waals surface area (Å²) in [5.74, 6) is -0.273. The first-order chi connectivity index (χ1) is 9.49. The monoisotopic (exact) mass is 421 g/mol. The molecule has 1 heterocycles. The van der Waals surface area contributed by atoms with Gasteiger partial charge in [0, 0.05) is 16.3 Å². The maximum Gasteiger partial charge on any atom is 0.303 e. The highest BCUT2D eigenvalue weighted by Gasteiger charge is 2.13. The van der Waals surface area contributed by atoms with Gasteiger partial charge in [0.1, 0.15) is 10.7 Å². The van der Waals surface area contributed by atoms with E-state index in [2.05, 4.69) is 36.8 Å². The number of carbonyl (C=O) groups is 1. The molecule has 0 saturated heterocycles. The van der Waals surface area contributed by atoms with Crippen LogP contribution in [0.3, 0.4) is 0 Å². The number of aliphatic carboxylic acids is 1. The van der Waals surface area contributed by atoms with E-state index in [0.717, 1.165) is 14.3 Å². The molecule has 0 fully saturated rings. The third kappa shape index (κ3) is 3.62. The zero-order chi connectivity index (χ0) is 14.7. The van der Waals surface area contributed by atoms with Gasteiger partial charge in [0.05, 0.1) is 11.1 Å². The van der Waals surface area contributed by atoms with E-state index >= 15 is 0 Å². The number of rotatable bonds is 5. The number of pyridine rings is 1. The highest BCUT2D eigenvalue weighted by molar-refractivity contribution is 9.11. The van der Waals surface area contributed by atoms with Crippen LogP contribution < -0.4 is 4.74 Å². The zero-order valence-corrected chi connectivity index (χ0v) is 14.1. The SMILES string of the molecule is O=C(O)CCCOc1c(Br)cc(Br)c2ccc(Cl)nc12. The van der Waals surface area contributed by atoms with Crippen molar-refractivity contribution in [2.75, 3.05) is 6.61 Å². The van der Waals surface area contributed by atoms with Gasteiger partial charge in [0.2, 0.25) is 0 Å². The molecule has 0 spiro atoms. The first kappa shape index (κ1) is 15.5. The summed E-state index contributed by atoms with van der Waals surface area (Å²) in [6, 6.07) is 5.42. The molecule has 0 radical (unpaired) electrons. The fraction of sp³-hybridized carbons (Fsp3) is 0.231. The minimum Gasteiger partial charge on any atom is -0.490 e. The second-order valence-corrected chi connectivity index (χ2v) is 6.14. The van der Waals surface area contributed by atoms with Gasteiger partial charge in [-0.05, 0) is 40.5 Å². The van der Waals surface area contributed by atoms with Gasteiger partial charge in [-0.15, -0.1) is 0 Å². The average Bonchev–Trinajstić information content (AvgIpc) is 2.36. The number of hydrogen-bond donors (Lipinski definition) is 1. The van der Waals surface area contributed by atoms with Crippen molar-refractivity contribution >= 4 is 60.3 Å². The lowest BCUT2D eigenvalue weighted by molar-refractivity contribution is -0.137. The van der Waals surface area contributed by atoms with Gasteiger partial charge < -0.3 is 9.84 Å². The zero-order valence-electron chi connectivity index (χ0n) is 10.2. The van der Waals surface area contributed by atoms with Gasteiger partial charge in [0.25, 0.3) is 0 Å². The number of halogens is 3. The quantitative estimate of drug-likeness (QED) is 0.562. The number of nitrogens with zero attached hydrogens (tertiary/aromatic N) is 1. The van der Waals surface area contributed by atoms with Crippen LogP contribution in [0.25, 0.3) is 10.9 Å². The van der Waals surface area contributed by atoms with Crippen LogP contribution in [0.15, 0.2) is 27.1 Å². The Morgan fingerprint density at radius 3 is 2.80 bits per heavy atom. The maximum absolute atomic E-state index is 10.5. The third-order valence-electron chi connectivity index (χ3n) is 2.59. The van der Waals surface area contributed by atoms with Crippen molar-refractivity contribution in [3.8, 4) is 5.75 Å². The molecule has 1 N–H and O–H groups in total. The van der Waals surface area contributed by atoms with Crippen molar-refractivity contribution in [2.45, 2.75) is 12.8 Å². The molecule has 0 amide bonds. The number of aromatic nitrogens is 1. The van der Waals surface area contributed by atoms with Crippen LogP contribution in [-0.2, 0) is 4.79 Å². The summed E-state index contributed by atoms with van der Waals surface area (Å²) >= 11 is 12.8. The fourth-order valence-electron chi connectivity index (χ4n) is 1.70. The Hall–Kier alpha value is -0.850. The minimum atomic E-state index is -0.838. The molecule has 0 atom stereocenters. The molecule has 2 rings (SSSR count). The van der Waals surface area contributed by atoms with E-state index in [1.54, 1.807) is 6.07 Å². The number of fused-ring (bicyclic) bond motifs is 1. The lowest BCUT2D eigenvalue weighted by Gasteiger charge is -2.12. The number of carboxylic acids is 1. The van der Waals surface area contributed by atoms with Crippen molar-refractivity contribution in [1.29, 1.82) is 0 Å². The Bertz CT molecular complexity index is 664. The molecule has 106 valence electrons. The molecule has 1 aromatic carbocycles. The third-order valence-corrected chi connectivity index (χ3v) is 4.04. The van der Waals surface area contributed by atoms with Crippen LogP contribution in [0.2, 0.25) is 5.15 Å². The van der Waals surface area contributed by atoms with E-state index in [1.807, 2.05) is 12.1 Å². The second kappa shape index (κ2) is 6.74. The van der Waals surface area contributed by atoms with Crippen LogP contribution in [0.5, 0.6) is 5.75 Å². The van der Waals surface area contributed by atoms with Crippen molar-refractivity contribution < 1.29 is 14.6 Å². The predicted molar refractivity (Wildman–Crippen MR) is 84.5 cm³/mol. The Morgan fingerprint density at radius 2 is 2.10 bits per heavy atom. The molecule has 2 aromatic rings. The number of carboxylic acid groups (broad SMARTS) is 1. The van der Waals surface area contributed by atoms with Gasteiger partial charge in [-0.2, -0.15) is 0 Å². The van der Waals surface area contributed by atoms with Crippen molar-refractivity contribution in [1.82, 2.24) is 4.98 Å². The van der Waals surface area contributed by atoms with Crippen LogP contribution >= 0.6 is 43.5 Å². The molecule has 0 saturated carbocycles. The molecule has 0 unspecified atom stereocenters. The van der Waals surface area contributed by atoms with Crippen molar-refractivity contribution in [2.24, 2.45) is 0 Å². The molecule has 0 bridgehead atoms. The Labute approximate surface area is 137 Å². The lowest BCUT2D eigenvalue weighted by atomic mass is 10.2. The van der Waals surface area contributed by atoms with Gasteiger partial charge in [0.15, 0.2) is 5.75 Å². The molecule has 7 heteroatoms. The lowest BCUT2D eigenvalue weighted by Crippen LogP contribution is -2.03. The van der Waals surface area contributed by atoms with Gasteiger partial charge in [-0.3, -0.25) is 4.79 Å². The molecule has 0 aliphatic heterocycles. The first-order valence-electron chi connectivity index (χ1n) is 5.78. The Kier molecular flexibility index (Phi) is 5.23. The number of hydrogen-bond acceptors (Lipinski definition) is 3. The molecule has 20 heavy (non-hydrogen) atoms. The van der Waals surface area contributed by atoms with Crippen LogP contribution in [-0.4, -0.2) is 22.7 Å². The largest absolute Gasteiger partial charge is 0.490 e. The molecule has 0 aliphatic rings. The first-order valence-corrected chi connectivity index (χ1v) is 7.74. The second-order valence-electron chi connectivity index (χ2n) is 4.05. The topological polar surface area (TPSA) is 59.4 Å². The molecule has 0 aliphatic carbocycles. The predicted octanol–water partition coefficient (Wildman–Crippen LogP) is 4.66. The molecule has 1 aromatic heterocycles. The summed E-state index contributed by atoms with van der Waals surface area (Å²) in [7, 11) is 0. The Balaban J connectivity index is 2.31. The number of ether oxygens (including phenoxy) is 1. The van der Waals surface area contributed by atoms with E-state index in [0.29, 0.717) is 29.4 Å². The molecular weight excluding hydrogens is 413 g/mol. The van der Waals surface area contributed by atoms with Gasteiger partial charge in [-0.25, -0.2) is 4.98 Å². The van der Waals surface area contributed by atoms with E-state index < -0.39 is 5.97 Å². The van der Waals surface area contributed by atoms with E-state index in [9.17, 15) is 4.79 Å². The average molecular weight is 423 g/mol. The van der Waals surface area contributed by atoms with Crippen molar-refractivity contribution in [3.63, 3.8) is 0 Å². The van der Waals surface area contributed by atoms with Gasteiger partial charge >= 0.3 is 5.97 Å². The summed E-state index contributed by atoms with van der Waals surface area (Å²) in [4.78, 5) is 14.8. The van der Waals surface area contributed by atoms with Crippen LogP contribution in [0.4, 0.5) is 0 Å². The summed E-state index contributed by atoms with van der Waals surface area (Å²) in [6.45, 7) is 0.301. The minimum absolute atomic E-state index is 0.0697. The van der Waals surface area contributed by atoms with Crippen molar-refractivity contribution in [3.05, 3.63) is 32.3 Å². The number of benzene rings is 1. The van der Waals surface area contributed by atoms with E-state index in [-0.39, 0.29) is 6.42 Å². The van der Waals surface area contributed by atoms with E-state index in [1.165, 1.54) is 0 Å². The molecule has 4 nitrogen and oxygen atoms in total. The summed E-state index contributed by atoms with van der Waals surface area (Å²) in [6.07, 6.45) is 0.500. The normalized spacial score (nSPS) is 10.8. The summed E-state index contributed by atoms with van der Waals surface area (Å²) in [5.41, 5.74) is 0.633. The standard InChI is InChI=1S/C13H10Br2ClNO3/c14-8-6-9(15)13(20-5-1-2-11(18)19)12-7(8)3-4-10(16)17-12/h3-4,6H,1-2,5H2,(H,18,19). The van der Waals surface area contributed by atoms with E-state index in [4.69, 9.17) is 21.4 Å². The Morgan fingerprint density at radius 1 is 1.35 bits per heavy atom. The fourth-order valence-corrected chi connectivity index (χ4v) is 3.24. The summed E-state index contributed by atoms with van der Waals surface area (Å²) < 4.78 is 7.27. The van der Waals surface area contributed by atoms with Gasteiger partial charge in [-0.1, -0.05) is 27.5 Å². The highest BCUT2D eigenvalue weighted by atomic mass is 79.9. The van der Waals surface area contributed by atoms with Crippen LogP contribution in [0.1, 0.15) is 12.8 Å². The smallest absolute Gasteiger partial charge is 0.303 e. The molecular formula is C13H10Br2ClNO3. The highest BCUT2D eigenvalue weighted by Crippen LogP contribution is 2.38. The summed E-state index contributed by atoms with van der Waals surface area (Å²) in [5, 5.41) is 9.86.